The van der Waals surface area contributed by atoms with Crippen LogP contribution >= 0.6 is 23.2 Å². The highest BCUT2D eigenvalue weighted by Crippen LogP contribution is 2.47. The van der Waals surface area contributed by atoms with Crippen molar-refractivity contribution in [2.45, 2.75) is 11.1 Å². The number of amides is 1. The molecular weight excluding hydrogens is 1190 g/mol. The maximum absolute atomic E-state index is 15.1. The fourth-order valence-corrected chi connectivity index (χ4v) is 11.6. The monoisotopic (exact) mass is 1240 g/mol. The minimum atomic E-state index is -1.00. The third-order valence-corrected chi connectivity index (χ3v) is 15.6. The van der Waals surface area contributed by atoms with Crippen LogP contribution in [-0.4, -0.2) is 66.6 Å². The number of benzene rings is 10. The van der Waals surface area contributed by atoms with Gasteiger partial charge in [0.2, 0.25) is 0 Å². The van der Waals surface area contributed by atoms with Crippen molar-refractivity contribution >= 4 is 79.3 Å². The van der Waals surface area contributed by atoms with Gasteiger partial charge in [-0.05, 0) is 81.9 Å². The average molecular weight is 1240 g/mol. The van der Waals surface area contributed by atoms with Gasteiger partial charge >= 0.3 is 11.5 Å². The van der Waals surface area contributed by atoms with Crippen LogP contribution in [0.4, 0.5) is 41.1 Å². The number of nitrogens with two attached hydrogens (primary N) is 1. The molecule has 1 saturated heterocycles. The number of cyclic esters (lactones) is 1. The van der Waals surface area contributed by atoms with Gasteiger partial charge in [-0.25, -0.2) is 27.7 Å². The molecule has 1 fully saturated rings. The molecule has 0 bridgehead atoms. The fourth-order valence-electron chi connectivity index (χ4n) is 11.5. The van der Waals surface area contributed by atoms with Gasteiger partial charge in [0.25, 0.3) is 11.4 Å². The summed E-state index contributed by atoms with van der Waals surface area (Å²) < 4.78 is 42.3. The second kappa shape index (κ2) is 26.5. The molecule has 16 nitrogen and oxygen atoms in total. The number of carbonyl (C=O) groups excluding carboxylic acids is 2. The standard InChI is InChI=1S/C35H25FN4O4.C32H23FN4O2.C3H4Cl2O2/c36-30-18-16-24(22-32(30)38-20-21-44-34(38)41)33-29-23-28(40(42)43)17-19-31(29)39(37-33)35(25-10-4-1-5-11-25,26-12-6-2-7-13-26)27-14-8-3-9-15-27;33-28-18-16-22(20-29(28)34)31-27-21-26(37(38)39)17-19-30(27)36(35-31)32(23-10-4-1-5-11-23,24-12-6-2-7-13-24)25-14-8-3-9-15-25;4-1-2-7-3(5)6/h1-19,22-23H,20-21H2;1-21H,34H2;1-2H2. The topological polar surface area (TPSA) is 204 Å². The van der Waals surface area contributed by atoms with Crippen molar-refractivity contribution in [3.8, 4) is 22.5 Å². The van der Waals surface area contributed by atoms with E-state index in [0.29, 0.717) is 50.2 Å². The number of anilines is 2. The Morgan fingerprint density at radius 1 is 0.544 bits per heavy atom. The van der Waals surface area contributed by atoms with Gasteiger partial charge < -0.3 is 15.2 Å². The maximum Gasteiger partial charge on any atom is 0.414 e. The molecule has 0 radical (unpaired) electrons. The van der Waals surface area contributed by atoms with Gasteiger partial charge in [0.15, 0.2) is 0 Å². The zero-order valence-corrected chi connectivity index (χ0v) is 49.1. The summed E-state index contributed by atoms with van der Waals surface area (Å²) in [5.74, 6) is -0.839. The Bertz CT molecular complexity index is 4380. The molecule has 0 saturated carbocycles. The van der Waals surface area contributed by atoms with Crippen molar-refractivity contribution < 1.29 is 37.7 Å². The number of ether oxygens (including phenoxy) is 2. The molecule has 90 heavy (non-hydrogen) atoms. The Labute approximate surface area is 523 Å². The molecule has 2 aromatic heterocycles. The van der Waals surface area contributed by atoms with Crippen LogP contribution in [0.2, 0.25) is 0 Å². The number of hydrogen-bond acceptors (Lipinski definition) is 11. The summed E-state index contributed by atoms with van der Waals surface area (Å²) in [6, 6.07) is 78.1. The summed E-state index contributed by atoms with van der Waals surface area (Å²) in [4.78, 5) is 46.1. The number of nitro groups is 2. The van der Waals surface area contributed by atoms with E-state index in [0.717, 1.165) is 33.4 Å². The highest BCUT2D eigenvalue weighted by atomic mass is 35.5. The van der Waals surface area contributed by atoms with Crippen molar-refractivity contribution in [1.29, 1.82) is 0 Å². The Morgan fingerprint density at radius 3 is 1.22 bits per heavy atom. The Hall–Kier alpha value is -11.1. The lowest BCUT2D eigenvalue weighted by molar-refractivity contribution is -0.384. The van der Waals surface area contributed by atoms with E-state index in [1.54, 1.807) is 30.3 Å². The zero-order valence-electron chi connectivity index (χ0n) is 47.6. The summed E-state index contributed by atoms with van der Waals surface area (Å²) >= 11 is 9.85. The lowest BCUT2D eigenvalue weighted by Crippen LogP contribution is -2.38. The molecule has 12 aromatic rings. The number of nitrogens with zero attached hydrogens (tertiary/aromatic N) is 7. The first-order chi connectivity index (χ1) is 43.7. The van der Waals surface area contributed by atoms with E-state index in [1.165, 1.54) is 47.4 Å². The van der Waals surface area contributed by atoms with Gasteiger partial charge in [-0.1, -0.05) is 182 Å². The van der Waals surface area contributed by atoms with Crippen LogP contribution in [0.1, 0.15) is 33.4 Å². The summed E-state index contributed by atoms with van der Waals surface area (Å²) in [6.07, 6.45) is -0.636. The normalized spacial score (nSPS) is 12.1. The second-order valence-electron chi connectivity index (χ2n) is 20.5. The molecule has 13 rings (SSSR count). The van der Waals surface area contributed by atoms with Crippen molar-refractivity contribution in [2.75, 3.05) is 36.3 Å². The summed E-state index contributed by atoms with van der Waals surface area (Å²) in [6.45, 7) is 0.545. The average Bonchev–Trinajstić information content (AvgIpc) is 1.46. The van der Waals surface area contributed by atoms with Gasteiger partial charge in [-0.15, -0.1) is 11.6 Å². The van der Waals surface area contributed by atoms with Crippen LogP contribution in [0.3, 0.4) is 0 Å². The van der Waals surface area contributed by atoms with Crippen LogP contribution in [0, 0.1) is 31.9 Å². The number of alkyl halides is 1. The Balaban J connectivity index is 0.000000168. The lowest BCUT2D eigenvalue weighted by Gasteiger charge is -2.37. The van der Waals surface area contributed by atoms with Crippen LogP contribution < -0.4 is 10.6 Å². The van der Waals surface area contributed by atoms with Crippen molar-refractivity contribution in [3.05, 3.63) is 320 Å². The van der Waals surface area contributed by atoms with E-state index < -0.39 is 44.1 Å². The van der Waals surface area contributed by atoms with E-state index in [4.69, 9.17) is 43.9 Å². The molecule has 0 spiro atoms. The van der Waals surface area contributed by atoms with E-state index in [2.05, 4.69) is 41.1 Å². The highest BCUT2D eigenvalue weighted by molar-refractivity contribution is 6.61. The van der Waals surface area contributed by atoms with Crippen molar-refractivity contribution in [3.63, 3.8) is 0 Å². The molecule has 10 aromatic carbocycles. The predicted octanol–water partition coefficient (Wildman–Crippen LogP) is 16.3. The van der Waals surface area contributed by atoms with Gasteiger partial charge in [-0.3, -0.25) is 25.1 Å². The van der Waals surface area contributed by atoms with Gasteiger partial charge in [0, 0.05) is 57.8 Å². The molecule has 1 amide bonds. The first-order valence-corrected chi connectivity index (χ1v) is 29.0. The number of non-ortho nitro benzene ring substituents is 2. The van der Waals surface area contributed by atoms with Gasteiger partial charge in [0.1, 0.15) is 47.3 Å². The van der Waals surface area contributed by atoms with E-state index >= 15 is 4.39 Å². The molecule has 3 heterocycles. The lowest BCUT2D eigenvalue weighted by atomic mass is 9.77. The van der Waals surface area contributed by atoms with E-state index in [1.807, 2.05) is 155 Å². The summed E-state index contributed by atoms with van der Waals surface area (Å²) in [5, 5.41) is 35.1. The quantitative estimate of drug-likeness (QED) is 0.0255. The SMILES string of the molecule is Nc1cc(-c2nn(C(c3ccccc3)(c3ccccc3)c3ccccc3)c3ccc([N+](=O)[O-])cc23)ccc1F.O=C(Cl)OCCCl.O=C1OCCN1c1cc(-c2nn(C(c3ccccc3)(c3ccccc3)c3ccccc3)c3ccc([N+](=O)[O-])cc23)ccc1F. The molecule has 0 aliphatic carbocycles. The zero-order chi connectivity index (χ0) is 62.9. The van der Waals surface area contributed by atoms with Crippen molar-refractivity contribution in [2.24, 2.45) is 0 Å². The highest BCUT2D eigenvalue weighted by Gasteiger charge is 2.43. The minimum absolute atomic E-state index is 0.0268. The Kier molecular flexibility index (Phi) is 17.8. The van der Waals surface area contributed by atoms with Crippen LogP contribution in [0.5, 0.6) is 0 Å². The largest absolute Gasteiger partial charge is 0.452 e. The van der Waals surface area contributed by atoms with E-state index in [-0.39, 0.29) is 42.5 Å². The summed E-state index contributed by atoms with van der Waals surface area (Å²) in [7, 11) is 0. The summed E-state index contributed by atoms with van der Waals surface area (Å²) in [5.41, 5.74) is 11.9. The maximum atomic E-state index is 15.1. The predicted molar refractivity (Wildman–Crippen MR) is 344 cm³/mol. The smallest absolute Gasteiger partial charge is 0.414 e. The van der Waals surface area contributed by atoms with Crippen LogP contribution in [0.15, 0.2) is 255 Å². The number of halogens is 4. The number of hydrogen-bond donors (Lipinski definition) is 1. The second-order valence-corrected chi connectivity index (χ2v) is 21.2. The molecule has 448 valence electrons. The number of fused-ring (bicyclic) bond motifs is 2. The first-order valence-electron chi connectivity index (χ1n) is 28.1. The van der Waals surface area contributed by atoms with Gasteiger partial charge in [0.05, 0.1) is 44.7 Å². The minimum Gasteiger partial charge on any atom is -0.452 e. The van der Waals surface area contributed by atoms with Crippen LogP contribution in [-0.2, 0) is 20.6 Å². The molecule has 1 aliphatic heterocycles. The molecule has 0 unspecified atom stereocenters. The number of nitrogen functional groups attached to an aromatic ring is 1. The van der Waals surface area contributed by atoms with E-state index in [9.17, 15) is 34.2 Å². The third kappa shape index (κ3) is 11.7. The molecule has 2 N–H and O–H groups in total. The molecule has 20 heteroatoms. The third-order valence-electron chi connectivity index (χ3n) is 15.4. The number of carbonyl (C=O) groups is 2. The first kappa shape index (κ1) is 60.6. The molecule has 1 aliphatic rings. The molecule has 0 atom stereocenters. The van der Waals surface area contributed by atoms with Crippen molar-refractivity contribution in [1.82, 2.24) is 19.6 Å². The number of nitro benzene ring substituents is 2. The van der Waals surface area contributed by atoms with Gasteiger partial charge in [-0.2, -0.15) is 10.2 Å². The Morgan fingerprint density at radius 2 is 0.911 bits per heavy atom. The van der Waals surface area contributed by atoms with Crippen LogP contribution in [0.25, 0.3) is 44.3 Å². The number of aromatic nitrogens is 4. The number of rotatable bonds is 15. The molecular formula is C70H52Cl2F2N8O8. The fraction of sp³-hybridized carbons (Fsp3) is 0.0857.